The summed E-state index contributed by atoms with van der Waals surface area (Å²) in [6, 6.07) is 27.3. The largest absolute Gasteiger partial charge is 0.310 e. The third kappa shape index (κ3) is 3.17. The number of hydrogen-bond donors (Lipinski definition) is 0. The summed E-state index contributed by atoms with van der Waals surface area (Å²) in [6.45, 7) is 2.12. The highest BCUT2D eigenvalue weighted by Crippen LogP contribution is 2.35. The molecule has 104 valence electrons. The zero-order chi connectivity index (χ0) is 14.7. The molecule has 2 heteroatoms. The van der Waals surface area contributed by atoms with E-state index in [2.05, 4.69) is 94.5 Å². The van der Waals surface area contributed by atoms with E-state index in [0.29, 0.717) is 0 Å². The second kappa shape index (κ2) is 6.15. The molecule has 0 saturated carbocycles. The lowest BCUT2D eigenvalue weighted by Crippen LogP contribution is -2.09. The standard InChI is InChI=1S/C19H16BrN/c1-15-7-5-11-18(13-15)21(17-9-3-2-4-10-17)19-12-6-8-16(20)14-19/h2-14H,1H3. The summed E-state index contributed by atoms with van der Waals surface area (Å²) >= 11 is 3.56. The summed E-state index contributed by atoms with van der Waals surface area (Å²) in [5, 5.41) is 0. The van der Waals surface area contributed by atoms with Crippen LogP contribution in [0.4, 0.5) is 17.1 Å². The molecule has 3 aromatic rings. The lowest BCUT2D eigenvalue weighted by molar-refractivity contribution is 1.27. The smallest absolute Gasteiger partial charge is 0.0472 e. The maximum absolute atomic E-state index is 3.56. The van der Waals surface area contributed by atoms with E-state index in [9.17, 15) is 0 Å². The monoisotopic (exact) mass is 337 g/mol. The van der Waals surface area contributed by atoms with Gasteiger partial charge in [-0.3, -0.25) is 0 Å². The van der Waals surface area contributed by atoms with Crippen molar-refractivity contribution in [1.29, 1.82) is 0 Å². The molecule has 0 fully saturated rings. The van der Waals surface area contributed by atoms with Gasteiger partial charge in [-0.25, -0.2) is 0 Å². The van der Waals surface area contributed by atoms with Gasteiger partial charge in [-0.05, 0) is 55.0 Å². The molecule has 0 saturated heterocycles. The van der Waals surface area contributed by atoms with Crippen LogP contribution in [0.15, 0.2) is 83.3 Å². The molecule has 0 spiro atoms. The zero-order valence-electron chi connectivity index (χ0n) is 11.8. The molecule has 0 amide bonds. The maximum Gasteiger partial charge on any atom is 0.0472 e. The minimum Gasteiger partial charge on any atom is -0.310 e. The van der Waals surface area contributed by atoms with Gasteiger partial charge in [0.25, 0.3) is 0 Å². The molecule has 0 N–H and O–H groups in total. The van der Waals surface area contributed by atoms with E-state index < -0.39 is 0 Å². The molecule has 0 heterocycles. The fraction of sp³-hybridized carbons (Fsp3) is 0.0526. The first kappa shape index (κ1) is 13.9. The molecule has 0 unspecified atom stereocenters. The van der Waals surface area contributed by atoms with Gasteiger partial charge in [-0.2, -0.15) is 0 Å². The van der Waals surface area contributed by atoms with Crippen molar-refractivity contribution in [2.24, 2.45) is 0 Å². The molecule has 0 atom stereocenters. The molecular formula is C19H16BrN. The summed E-state index contributed by atoms with van der Waals surface area (Å²) in [7, 11) is 0. The Morgan fingerprint density at radius 1 is 0.667 bits per heavy atom. The van der Waals surface area contributed by atoms with Crippen molar-refractivity contribution < 1.29 is 0 Å². The van der Waals surface area contributed by atoms with Crippen molar-refractivity contribution >= 4 is 33.0 Å². The summed E-state index contributed by atoms with van der Waals surface area (Å²) in [5.74, 6) is 0. The molecule has 21 heavy (non-hydrogen) atoms. The van der Waals surface area contributed by atoms with Gasteiger partial charge in [0, 0.05) is 21.5 Å². The molecule has 0 aliphatic heterocycles. The van der Waals surface area contributed by atoms with E-state index in [4.69, 9.17) is 0 Å². The van der Waals surface area contributed by atoms with Crippen LogP contribution in [0, 0.1) is 6.92 Å². The Kier molecular flexibility index (Phi) is 4.07. The van der Waals surface area contributed by atoms with Gasteiger partial charge in [0.05, 0.1) is 0 Å². The maximum atomic E-state index is 3.56. The predicted molar refractivity (Wildman–Crippen MR) is 93.6 cm³/mol. The Morgan fingerprint density at radius 2 is 1.29 bits per heavy atom. The van der Waals surface area contributed by atoms with Gasteiger partial charge in [0.15, 0.2) is 0 Å². The minimum absolute atomic E-state index is 1.08. The SMILES string of the molecule is Cc1cccc(N(c2ccccc2)c2cccc(Br)c2)c1. The van der Waals surface area contributed by atoms with E-state index in [0.717, 1.165) is 15.8 Å². The molecule has 0 radical (unpaired) electrons. The van der Waals surface area contributed by atoms with Gasteiger partial charge >= 0.3 is 0 Å². The van der Waals surface area contributed by atoms with Crippen LogP contribution in [0.1, 0.15) is 5.56 Å². The second-order valence-corrected chi connectivity index (χ2v) is 5.91. The normalized spacial score (nSPS) is 10.4. The van der Waals surface area contributed by atoms with E-state index in [1.165, 1.54) is 11.3 Å². The highest BCUT2D eigenvalue weighted by Gasteiger charge is 2.12. The third-order valence-corrected chi connectivity index (χ3v) is 3.83. The number of nitrogens with zero attached hydrogens (tertiary/aromatic N) is 1. The molecule has 0 aromatic heterocycles. The number of para-hydroxylation sites is 1. The molecule has 3 aromatic carbocycles. The van der Waals surface area contributed by atoms with Crippen LogP contribution in [0.25, 0.3) is 0 Å². The molecule has 0 bridgehead atoms. The Balaban J connectivity index is 2.16. The van der Waals surface area contributed by atoms with Crippen LogP contribution < -0.4 is 4.90 Å². The average Bonchev–Trinajstić information content (AvgIpc) is 2.49. The van der Waals surface area contributed by atoms with E-state index in [-0.39, 0.29) is 0 Å². The second-order valence-electron chi connectivity index (χ2n) is 4.99. The molecular weight excluding hydrogens is 322 g/mol. The van der Waals surface area contributed by atoms with Gasteiger partial charge < -0.3 is 4.90 Å². The van der Waals surface area contributed by atoms with Gasteiger partial charge in [0.1, 0.15) is 0 Å². The number of benzene rings is 3. The van der Waals surface area contributed by atoms with Crippen LogP contribution in [-0.2, 0) is 0 Å². The van der Waals surface area contributed by atoms with Crippen molar-refractivity contribution in [1.82, 2.24) is 0 Å². The first-order valence-electron chi connectivity index (χ1n) is 6.91. The van der Waals surface area contributed by atoms with Crippen molar-refractivity contribution in [2.75, 3.05) is 4.90 Å². The van der Waals surface area contributed by atoms with Crippen LogP contribution in [0.5, 0.6) is 0 Å². The van der Waals surface area contributed by atoms with Crippen LogP contribution in [-0.4, -0.2) is 0 Å². The predicted octanol–water partition coefficient (Wildman–Crippen LogP) is 6.23. The first-order chi connectivity index (χ1) is 10.2. The zero-order valence-corrected chi connectivity index (χ0v) is 13.4. The molecule has 0 aliphatic rings. The van der Waals surface area contributed by atoms with Crippen molar-refractivity contribution in [3.63, 3.8) is 0 Å². The van der Waals surface area contributed by atoms with Crippen molar-refractivity contribution in [3.8, 4) is 0 Å². The first-order valence-corrected chi connectivity index (χ1v) is 7.71. The lowest BCUT2D eigenvalue weighted by Gasteiger charge is -2.25. The van der Waals surface area contributed by atoms with E-state index in [1.807, 2.05) is 12.1 Å². The quantitative estimate of drug-likeness (QED) is 0.547. The minimum atomic E-state index is 1.08. The highest BCUT2D eigenvalue weighted by molar-refractivity contribution is 9.10. The fourth-order valence-corrected chi connectivity index (χ4v) is 2.79. The highest BCUT2D eigenvalue weighted by atomic mass is 79.9. The summed E-state index contributed by atoms with van der Waals surface area (Å²) in [4.78, 5) is 2.26. The summed E-state index contributed by atoms with van der Waals surface area (Å²) in [6.07, 6.45) is 0. The summed E-state index contributed by atoms with van der Waals surface area (Å²) in [5.41, 5.74) is 4.71. The van der Waals surface area contributed by atoms with Gasteiger partial charge in [-0.15, -0.1) is 0 Å². The van der Waals surface area contributed by atoms with Gasteiger partial charge in [-0.1, -0.05) is 52.3 Å². The number of anilines is 3. The van der Waals surface area contributed by atoms with Gasteiger partial charge in [0.2, 0.25) is 0 Å². The topological polar surface area (TPSA) is 3.24 Å². The van der Waals surface area contributed by atoms with Crippen molar-refractivity contribution in [2.45, 2.75) is 6.92 Å². The number of rotatable bonds is 3. The average molecular weight is 338 g/mol. The fourth-order valence-electron chi connectivity index (χ4n) is 2.41. The number of hydrogen-bond acceptors (Lipinski definition) is 1. The number of halogens is 1. The molecule has 0 aliphatic carbocycles. The van der Waals surface area contributed by atoms with Crippen LogP contribution in [0.2, 0.25) is 0 Å². The molecule has 3 rings (SSSR count). The number of aryl methyl sites for hydroxylation is 1. The van der Waals surface area contributed by atoms with E-state index in [1.54, 1.807) is 0 Å². The lowest BCUT2D eigenvalue weighted by atomic mass is 10.1. The Labute approximate surface area is 134 Å². The summed E-state index contributed by atoms with van der Waals surface area (Å²) < 4.78 is 1.08. The van der Waals surface area contributed by atoms with E-state index >= 15 is 0 Å². The van der Waals surface area contributed by atoms with Crippen LogP contribution in [0.3, 0.4) is 0 Å². The van der Waals surface area contributed by atoms with Crippen LogP contribution >= 0.6 is 15.9 Å². The Bertz CT molecular complexity index is 692. The Morgan fingerprint density at radius 3 is 1.95 bits per heavy atom. The Hall–Kier alpha value is -2.06. The van der Waals surface area contributed by atoms with Crippen molar-refractivity contribution in [3.05, 3.63) is 88.9 Å². The molecule has 1 nitrogen and oxygen atoms in total. The third-order valence-electron chi connectivity index (χ3n) is 3.34.